The number of halogens is 1. The number of phenolic OH excluding ortho intramolecular Hbond substituents is 1. The zero-order valence-corrected chi connectivity index (χ0v) is 24.0. The minimum Gasteiger partial charge on any atom is -0.508 e. The number of unbranched alkanes of at least 4 members (excludes halogenated alkanes) is 2. The summed E-state index contributed by atoms with van der Waals surface area (Å²) >= 11 is 1.19. The number of nitrogens with zero attached hydrogens (tertiary/aromatic N) is 1. The van der Waals surface area contributed by atoms with Crippen LogP contribution in [0.5, 0.6) is 23.0 Å². The number of fused-ring (bicyclic) bond motifs is 1. The Morgan fingerprint density at radius 1 is 0.927 bits per heavy atom. The van der Waals surface area contributed by atoms with E-state index < -0.39 is 5.82 Å². The Kier molecular flexibility index (Phi) is 10.7. The zero-order valence-electron chi connectivity index (χ0n) is 23.2. The molecule has 0 spiro atoms. The number of ether oxygens (including phenoxy) is 3. The van der Waals surface area contributed by atoms with Crippen molar-refractivity contribution in [3.8, 4) is 23.0 Å². The SMILES string of the molecule is CCN(CCCCCOC(C)=O)CCOc1ccc(Oc2c(C(=O)c3cccc(F)c3)sc3cc(O)ccc23)cc1. The molecule has 0 aliphatic carbocycles. The van der Waals surface area contributed by atoms with Gasteiger partial charge in [-0.05, 0) is 86.9 Å². The number of rotatable bonds is 15. The van der Waals surface area contributed by atoms with Gasteiger partial charge in [0.15, 0.2) is 5.75 Å². The van der Waals surface area contributed by atoms with Crippen LogP contribution in [-0.2, 0) is 9.53 Å². The Bertz CT molecular complexity index is 1470. The minimum atomic E-state index is -0.494. The second-order valence-electron chi connectivity index (χ2n) is 9.54. The van der Waals surface area contributed by atoms with E-state index in [0.29, 0.717) is 45.4 Å². The lowest BCUT2D eigenvalue weighted by Crippen LogP contribution is -2.29. The molecule has 4 rings (SSSR count). The molecule has 0 saturated heterocycles. The smallest absolute Gasteiger partial charge is 0.302 e. The van der Waals surface area contributed by atoms with Gasteiger partial charge in [0.2, 0.25) is 5.78 Å². The number of benzene rings is 3. The van der Waals surface area contributed by atoms with Crippen LogP contribution < -0.4 is 9.47 Å². The summed E-state index contributed by atoms with van der Waals surface area (Å²) in [6.07, 6.45) is 2.90. The first-order valence-electron chi connectivity index (χ1n) is 13.7. The van der Waals surface area contributed by atoms with Gasteiger partial charge in [-0.15, -0.1) is 11.3 Å². The second kappa shape index (κ2) is 14.6. The van der Waals surface area contributed by atoms with Gasteiger partial charge in [0, 0.05) is 29.1 Å². The molecule has 0 bridgehead atoms. The van der Waals surface area contributed by atoms with E-state index in [-0.39, 0.29) is 23.1 Å². The van der Waals surface area contributed by atoms with Crippen molar-refractivity contribution >= 4 is 33.2 Å². The highest BCUT2D eigenvalue weighted by Crippen LogP contribution is 2.42. The Morgan fingerprint density at radius 3 is 2.44 bits per heavy atom. The second-order valence-corrected chi connectivity index (χ2v) is 10.6. The molecule has 0 saturated carbocycles. The number of phenols is 1. The third-order valence-corrected chi connectivity index (χ3v) is 7.64. The summed E-state index contributed by atoms with van der Waals surface area (Å²) in [7, 11) is 0. The number of carbonyl (C=O) groups is 2. The van der Waals surface area contributed by atoms with E-state index >= 15 is 0 Å². The van der Waals surface area contributed by atoms with E-state index in [1.54, 1.807) is 30.3 Å². The van der Waals surface area contributed by atoms with Gasteiger partial charge in [0.05, 0.1) is 6.61 Å². The van der Waals surface area contributed by atoms with Crippen molar-refractivity contribution < 1.29 is 33.3 Å². The maximum absolute atomic E-state index is 13.8. The summed E-state index contributed by atoms with van der Waals surface area (Å²) in [6.45, 7) is 7.21. The lowest BCUT2D eigenvalue weighted by atomic mass is 10.1. The zero-order chi connectivity index (χ0) is 29.2. The van der Waals surface area contributed by atoms with Gasteiger partial charge >= 0.3 is 5.97 Å². The maximum atomic E-state index is 13.8. The average molecular weight is 580 g/mol. The Labute approximate surface area is 243 Å². The van der Waals surface area contributed by atoms with E-state index in [4.69, 9.17) is 14.2 Å². The highest BCUT2D eigenvalue weighted by Gasteiger charge is 2.22. The first-order valence-corrected chi connectivity index (χ1v) is 14.5. The number of ketones is 1. The molecule has 216 valence electrons. The Hall–Kier alpha value is -3.95. The molecule has 9 heteroatoms. The van der Waals surface area contributed by atoms with Crippen molar-refractivity contribution in [3.05, 3.63) is 83.0 Å². The lowest BCUT2D eigenvalue weighted by molar-refractivity contribution is -0.141. The van der Waals surface area contributed by atoms with Crippen molar-refractivity contribution in [1.29, 1.82) is 0 Å². The number of hydrogen-bond donors (Lipinski definition) is 1. The summed E-state index contributed by atoms with van der Waals surface area (Å²) in [4.78, 5) is 26.8. The van der Waals surface area contributed by atoms with Crippen LogP contribution in [0.3, 0.4) is 0 Å². The Balaban J connectivity index is 1.36. The molecule has 3 aromatic carbocycles. The molecule has 0 aliphatic rings. The first-order chi connectivity index (χ1) is 19.8. The molecule has 0 radical (unpaired) electrons. The van der Waals surface area contributed by atoms with E-state index in [2.05, 4.69) is 11.8 Å². The van der Waals surface area contributed by atoms with Crippen LogP contribution in [0.4, 0.5) is 4.39 Å². The van der Waals surface area contributed by atoms with Crippen LogP contribution in [0.25, 0.3) is 10.1 Å². The number of aromatic hydroxyl groups is 1. The van der Waals surface area contributed by atoms with Gasteiger partial charge in [-0.1, -0.05) is 19.1 Å². The number of carbonyl (C=O) groups excluding carboxylic acids is 2. The Morgan fingerprint density at radius 2 is 1.71 bits per heavy atom. The fraction of sp³-hybridized carbons (Fsp3) is 0.312. The molecule has 0 atom stereocenters. The van der Waals surface area contributed by atoms with Gasteiger partial charge in [0.1, 0.15) is 34.5 Å². The van der Waals surface area contributed by atoms with Gasteiger partial charge in [-0.2, -0.15) is 0 Å². The fourth-order valence-corrected chi connectivity index (χ4v) is 5.47. The van der Waals surface area contributed by atoms with Gasteiger partial charge in [0.25, 0.3) is 0 Å². The summed E-state index contributed by atoms with van der Waals surface area (Å²) in [6, 6.07) is 17.5. The summed E-state index contributed by atoms with van der Waals surface area (Å²) in [5, 5.41) is 10.6. The van der Waals surface area contributed by atoms with Crippen molar-refractivity contribution in [2.75, 3.05) is 32.8 Å². The molecule has 0 aliphatic heterocycles. The molecule has 41 heavy (non-hydrogen) atoms. The van der Waals surface area contributed by atoms with Gasteiger partial charge < -0.3 is 24.2 Å². The number of hydrogen-bond acceptors (Lipinski definition) is 8. The molecule has 1 N–H and O–H groups in total. The number of likely N-dealkylation sites (N-methyl/N-ethyl adjacent to an activating group) is 1. The van der Waals surface area contributed by atoms with Crippen molar-refractivity contribution in [2.24, 2.45) is 0 Å². The topological polar surface area (TPSA) is 85.3 Å². The predicted molar refractivity (Wildman–Crippen MR) is 158 cm³/mol. The standard InChI is InChI=1S/C32H34FNO6S/c1-3-34(16-5-4-6-18-38-22(2)35)17-19-39-26-11-13-27(14-12-26)40-31-28-15-10-25(36)21-29(28)41-32(31)30(37)23-8-7-9-24(33)20-23/h7-15,20-21,36H,3-6,16-19H2,1-2H3. The molecule has 0 unspecified atom stereocenters. The van der Waals surface area contributed by atoms with Crippen molar-refractivity contribution in [2.45, 2.75) is 33.1 Å². The average Bonchev–Trinajstić information content (AvgIpc) is 3.31. The molecule has 7 nitrogen and oxygen atoms in total. The molecule has 0 fully saturated rings. The van der Waals surface area contributed by atoms with Crippen molar-refractivity contribution in [1.82, 2.24) is 4.90 Å². The monoisotopic (exact) mass is 579 g/mol. The van der Waals surface area contributed by atoms with Crippen LogP contribution in [-0.4, -0.2) is 54.6 Å². The molecule has 1 heterocycles. The highest BCUT2D eigenvalue weighted by molar-refractivity contribution is 7.21. The largest absolute Gasteiger partial charge is 0.508 e. The third kappa shape index (κ3) is 8.52. The summed E-state index contributed by atoms with van der Waals surface area (Å²) in [5.41, 5.74) is 0.220. The van der Waals surface area contributed by atoms with E-state index in [1.165, 1.54) is 42.5 Å². The van der Waals surface area contributed by atoms with Crippen LogP contribution in [0.2, 0.25) is 0 Å². The fourth-order valence-electron chi connectivity index (χ4n) is 4.35. The summed E-state index contributed by atoms with van der Waals surface area (Å²) < 4.78 is 31.6. The normalized spacial score (nSPS) is 11.1. The first kappa shape index (κ1) is 30.0. The molecule has 1 aromatic heterocycles. The van der Waals surface area contributed by atoms with Crippen molar-refractivity contribution in [3.63, 3.8) is 0 Å². The van der Waals surface area contributed by atoms with Gasteiger partial charge in [-0.3, -0.25) is 9.59 Å². The number of thiophene rings is 1. The lowest BCUT2D eigenvalue weighted by Gasteiger charge is -2.20. The molecule has 0 amide bonds. The van der Waals surface area contributed by atoms with Gasteiger partial charge in [-0.25, -0.2) is 4.39 Å². The maximum Gasteiger partial charge on any atom is 0.302 e. The molecule has 4 aromatic rings. The van der Waals surface area contributed by atoms with E-state index in [1.807, 2.05) is 12.1 Å². The third-order valence-electron chi connectivity index (χ3n) is 6.51. The summed E-state index contributed by atoms with van der Waals surface area (Å²) in [5.74, 6) is 0.569. The predicted octanol–water partition coefficient (Wildman–Crippen LogP) is 7.20. The van der Waals surface area contributed by atoms with E-state index in [0.717, 1.165) is 38.9 Å². The van der Waals surface area contributed by atoms with Crippen LogP contribution in [0.15, 0.2) is 66.7 Å². The van der Waals surface area contributed by atoms with Crippen LogP contribution >= 0.6 is 11.3 Å². The van der Waals surface area contributed by atoms with E-state index in [9.17, 15) is 19.1 Å². The highest BCUT2D eigenvalue weighted by atomic mass is 32.1. The quantitative estimate of drug-likeness (QED) is 0.0905. The minimum absolute atomic E-state index is 0.0810. The van der Waals surface area contributed by atoms with Crippen LogP contribution in [0, 0.1) is 5.82 Å². The van der Waals surface area contributed by atoms with Crippen LogP contribution in [0.1, 0.15) is 48.3 Å². The molecular formula is C32H34FNO6S. The number of esters is 1. The molecular weight excluding hydrogens is 545 g/mol.